The average Bonchev–Trinajstić information content (AvgIpc) is 3.25. The number of nitrogens with zero attached hydrogens (tertiary/aromatic N) is 1. The Morgan fingerprint density at radius 3 is 2.56 bits per heavy atom. The molecule has 2 aliphatic rings. The third kappa shape index (κ3) is 4.04. The lowest BCUT2D eigenvalue weighted by molar-refractivity contribution is 0.973. The molecule has 3 aromatic carbocycles. The van der Waals surface area contributed by atoms with E-state index in [-0.39, 0.29) is 0 Å². The van der Waals surface area contributed by atoms with Gasteiger partial charge in [-0.3, -0.25) is 0 Å². The maximum Gasteiger partial charge on any atom is 0.0688 e. The van der Waals surface area contributed by atoms with Gasteiger partial charge in [0.15, 0.2) is 0 Å². The Hall–Kier alpha value is -3.34. The molecule has 0 fully saturated rings. The maximum atomic E-state index is 5.77. The quantitative estimate of drug-likeness (QED) is 0.242. The third-order valence-electron chi connectivity index (χ3n) is 6.66. The summed E-state index contributed by atoms with van der Waals surface area (Å²) in [6.07, 6.45) is 22.0. The van der Waals surface area contributed by atoms with Crippen molar-refractivity contribution in [1.82, 2.24) is 4.57 Å². The van der Waals surface area contributed by atoms with Crippen LogP contribution in [0.15, 0.2) is 117 Å². The van der Waals surface area contributed by atoms with Crippen LogP contribution in [-0.2, 0) is 6.42 Å². The van der Waals surface area contributed by atoms with Crippen molar-refractivity contribution in [3.05, 3.63) is 109 Å². The van der Waals surface area contributed by atoms with Crippen LogP contribution in [-0.4, -0.2) is 4.57 Å². The van der Waals surface area contributed by atoms with Crippen molar-refractivity contribution < 1.29 is 0 Å². The molecule has 0 spiro atoms. The molecule has 2 heterocycles. The van der Waals surface area contributed by atoms with Crippen LogP contribution in [0.1, 0.15) is 31.0 Å². The largest absolute Gasteiger partial charge is 0.405 e. The smallest absolute Gasteiger partial charge is 0.0688 e. The first-order valence-corrected chi connectivity index (χ1v) is 14.1. The van der Waals surface area contributed by atoms with Crippen LogP contribution in [0, 0.1) is 0 Å². The first kappa shape index (κ1) is 23.1. The van der Waals surface area contributed by atoms with Gasteiger partial charge in [0.05, 0.1) is 10.4 Å². The highest BCUT2D eigenvalue weighted by molar-refractivity contribution is 8.05. The molecule has 2 nitrogen and oxygen atoms in total. The van der Waals surface area contributed by atoms with Gasteiger partial charge in [0.25, 0.3) is 0 Å². The Morgan fingerprint density at radius 2 is 1.78 bits per heavy atom. The highest BCUT2D eigenvalue weighted by atomic mass is 32.2. The van der Waals surface area contributed by atoms with Crippen molar-refractivity contribution in [1.29, 1.82) is 0 Å². The summed E-state index contributed by atoms with van der Waals surface area (Å²) in [6.45, 7) is 2.15. The van der Waals surface area contributed by atoms with Crippen LogP contribution in [0.25, 0.3) is 33.4 Å². The normalized spacial score (nSPS) is 15.4. The highest BCUT2D eigenvalue weighted by Crippen LogP contribution is 2.53. The summed E-state index contributed by atoms with van der Waals surface area (Å²) in [5.41, 5.74) is 10.9. The van der Waals surface area contributed by atoms with Gasteiger partial charge >= 0.3 is 0 Å². The average molecular weight is 505 g/mol. The number of aryl methyl sites for hydroxylation is 1. The van der Waals surface area contributed by atoms with Gasteiger partial charge in [0.1, 0.15) is 0 Å². The van der Waals surface area contributed by atoms with E-state index in [0.29, 0.717) is 0 Å². The summed E-state index contributed by atoms with van der Waals surface area (Å²) < 4.78 is 2.44. The van der Waals surface area contributed by atoms with E-state index in [4.69, 9.17) is 5.73 Å². The van der Waals surface area contributed by atoms with E-state index in [9.17, 15) is 0 Å². The van der Waals surface area contributed by atoms with Crippen LogP contribution >= 0.6 is 23.5 Å². The second-order valence-electron chi connectivity index (χ2n) is 8.95. The summed E-state index contributed by atoms with van der Waals surface area (Å²) in [4.78, 5) is 5.32. The highest BCUT2D eigenvalue weighted by Gasteiger charge is 2.26. The van der Waals surface area contributed by atoms with Crippen LogP contribution < -0.4 is 5.73 Å². The van der Waals surface area contributed by atoms with Gasteiger partial charge in [-0.05, 0) is 84.3 Å². The zero-order valence-corrected chi connectivity index (χ0v) is 21.9. The molecule has 0 unspecified atom stereocenters. The molecule has 0 radical (unpaired) electrons. The molecule has 6 rings (SSSR count). The molecule has 0 bridgehead atoms. The number of fused-ring (bicyclic) bond motifs is 7. The molecule has 1 aliphatic carbocycles. The monoisotopic (exact) mass is 504 g/mol. The minimum absolute atomic E-state index is 1.02. The lowest BCUT2D eigenvalue weighted by atomic mass is 10.0. The SMILES string of the molecule is CC\C=C/C=C/C(=C\C=C/N)n1c2c(c3ccc4c(c31)Sc1cc3ccccc3cc1S4)CCC=C2. The van der Waals surface area contributed by atoms with Gasteiger partial charge < -0.3 is 10.3 Å². The molecule has 1 aliphatic heterocycles. The van der Waals surface area contributed by atoms with Crippen LogP contribution in [0.2, 0.25) is 0 Å². The van der Waals surface area contributed by atoms with E-state index in [0.717, 1.165) is 25.0 Å². The number of hydrogen-bond donors (Lipinski definition) is 1. The summed E-state index contributed by atoms with van der Waals surface area (Å²) in [5.74, 6) is 0. The Morgan fingerprint density at radius 1 is 0.972 bits per heavy atom. The van der Waals surface area contributed by atoms with Crippen molar-refractivity contribution in [2.24, 2.45) is 5.73 Å². The molecular formula is C32H28N2S2. The predicted octanol–water partition coefficient (Wildman–Crippen LogP) is 9.21. The molecule has 0 saturated carbocycles. The van der Waals surface area contributed by atoms with Crippen molar-refractivity contribution in [2.45, 2.75) is 45.8 Å². The second kappa shape index (κ2) is 9.96. The topological polar surface area (TPSA) is 30.9 Å². The molecule has 4 aromatic rings. The molecule has 36 heavy (non-hydrogen) atoms. The first-order valence-electron chi connectivity index (χ1n) is 12.5. The zero-order valence-electron chi connectivity index (χ0n) is 20.3. The lowest BCUT2D eigenvalue weighted by Crippen LogP contribution is -2.02. The zero-order chi connectivity index (χ0) is 24.5. The summed E-state index contributed by atoms with van der Waals surface area (Å²) >= 11 is 3.79. The molecule has 0 saturated heterocycles. The van der Waals surface area contributed by atoms with Gasteiger partial charge in [-0.1, -0.05) is 85.1 Å². The molecule has 0 atom stereocenters. The van der Waals surface area contributed by atoms with Crippen molar-refractivity contribution in [3.8, 4) is 0 Å². The minimum atomic E-state index is 1.02. The Balaban J connectivity index is 1.59. The summed E-state index contributed by atoms with van der Waals surface area (Å²) in [5, 5.41) is 3.93. The van der Waals surface area contributed by atoms with Gasteiger partial charge in [-0.2, -0.15) is 0 Å². The maximum absolute atomic E-state index is 5.77. The van der Waals surface area contributed by atoms with Gasteiger partial charge in [-0.15, -0.1) is 0 Å². The predicted molar refractivity (Wildman–Crippen MR) is 158 cm³/mol. The summed E-state index contributed by atoms with van der Waals surface area (Å²) in [6, 6.07) is 18.0. The van der Waals surface area contributed by atoms with Crippen LogP contribution in [0.3, 0.4) is 0 Å². The first-order chi connectivity index (χ1) is 17.8. The van der Waals surface area contributed by atoms with E-state index in [1.165, 1.54) is 52.5 Å². The minimum Gasteiger partial charge on any atom is -0.405 e. The lowest BCUT2D eigenvalue weighted by Gasteiger charge is -2.21. The fourth-order valence-corrected chi connectivity index (χ4v) is 7.47. The van der Waals surface area contributed by atoms with E-state index < -0.39 is 0 Å². The van der Waals surface area contributed by atoms with E-state index in [1.54, 1.807) is 6.20 Å². The van der Waals surface area contributed by atoms with Crippen molar-refractivity contribution in [3.63, 3.8) is 0 Å². The second-order valence-corrected chi connectivity index (χ2v) is 11.1. The number of nitrogens with two attached hydrogens (primary N) is 1. The fraction of sp³-hybridized carbons (Fsp3) is 0.125. The molecule has 4 heteroatoms. The number of benzene rings is 3. The van der Waals surface area contributed by atoms with Crippen molar-refractivity contribution >= 4 is 57.0 Å². The number of hydrogen-bond acceptors (Lipinski definition) is 3. The van der Waals surface area contributed by atoms with Crippen LogP contribution in [0.4, 0.5) is 0 Å². The van der Waals surface area contributed by atoms with E-state index in [1.807, 2.05) is 29.6 Å². The van der Waals surface area contributed by atoms with Gasteiger partial charge in [0.2, 0.25) is 0 Å². The number of aromatic nitrogens is 1. The fourth-order valence-electron chi connectivity index (χ4n) is 5.03. The van der Waals surface area contributed by atoms with Gasteiger partial charge in [0, 0.05) is 31.5 Å². The molecule has 0 amide bonds. The molecular weight excluding hydrogens is 477 g/mol. The van der Waals surface area contributed by atoms with E-state index >= 15 is 0 Å². The number of rotatable bonds is 5. The summed E-state index contributed by atoms with van der Waals surface area (Å²) in [7, 11) is 0. The Kier molecular flexibility index (Phi) is 6.39. The molecule has 1 aromatic heterocycles. The van der Waals surface area contributed by atoms with E-state index in [2.05, 4.69) is 103 Å². The Bertz CT molecular complexity index is 1630. The molecule has 178 valence electrons. The standard InChI is InChI=1S/C32H28N2S2/c1-2-3-4-5-13-24(14-10-19-33)34-27-16-9-8-15-25(27)26-17-18-28-32(31(26)34)36-30-21-23-12-7-6-11-22(23)20-29(30)35-28/h3-7,9-14,16-21H,2,8,15,33H2,1H3/b4-3-,13-5+,19-10-,24-14+. The van der Waals surface area contributed by atoms with Crippen molar-refractivity contribution in [2.75, 3.05) is 0 Å². The van der Waals surface area contributed by atoms with Crippen LogP contribution in [0.5, 0.6) is 0 Å². The third-order valence-corrected chi connectivity index (χ3v) is 9.21. The Labute approximate surface area is 221 Å². The molecule has 2 N–H and O–H groups in total. The van der Waals surface area contributed by atoms with Gasteiger partial charge in [-0.25, -0.2) is 0 Å². The number of allylic oxidation sites excluding steroid dienone is 8.